The molecule has 5 heteroatoms. The minimum Gasteiger partial charge on any atom is -0.508 e. The molecule has 1 rings (SSSR count). The van der Waals surface area contributed by atoms with E-state index >= 15 is 0 Å². The second kappa shape index (κ2) is 3.46. The van der Waals surface area contributed by atoms with Crippen LogP contribution in [0.5, 0.6) is 5.75 Å². The van der Waals surface area contributed by atoms with E-state index in [9.17, 15) is 8.78 Å². The number of nitrogens with one attached hydrogen (secondary N) is 1. The second-order valence-electron chi connectivity index (χ2n) is 2.23. The van der Waals surface area contributed by atoms with E-state index < -0.39 is 17.4 Å². The molecule has 1 aromatic carbocycles. The Labute approximate surface area is 67.2 Å². The number of phenolic OH excluding ortho intramolecular Hbond substituents is 1. The summed E-state index contributed by atoms with van der Waals surface area (Å²) in [6.07, 6.45) is 0. The fourth-order valence-electron chi connectivity index (χ4n) is 0.804. The van der Waals surface area contributed by atoms with Crippen LogP contribution in [-0.4, -0.2) is 10.3 Å². The summed E-state index contributed by atoms with van der Waals surface area (Å²) in [5.74, 6) is -2.57. The number of hydroxylamine groups is 1. The normalized spacial score (nSPS) is 10.2. The lowest BCUT2D eigenvalue weighted by molar-refractivity contribution is 0.160. The molecular weight excluding hydrogens is 168 g/mol. The number of aromatic hydroxyl groups is 1. The van der Waals surface area contributed by atoms with Gasteiger partial charge in [0.15, 0.2) is 11.6 Å². The molecule has 3 nitrogen and oxygen atoms in total. The van der Waals surface area contributed by atoms with Crippen molar-refractivity contribution in [3.8, 4) is 5.75 Å². The summed E-state index contributed by atoms with van der Waals surface area (Å²) in [6.45, 7) is -0.136. The van der Waals surface area contributed by atoms with Gasteiger partial charge in [0, 0.05) is 18.2 Å². The van der Waals surface area contributed by atoms with Crippen LogP contribution < -0.4 is 5.48 Å². The van der Waals surface area contributed by atoms with Gasteiger partial charge in [0.05, 0.1) is 0 Å². The Balaban J connectivity index is 3.05. The number of hydrogen-bond acceptors (Lipinski definition) is 3. The van der Waals surface area contributed by atoms with Gasteiger partial charge in [-0.1, -0.05) is 0 Å². The van der Waals surface area contributed by atoms with Crippen molar-refractivity contribution in [1.82, 2.24) is 5.48 Å². The molecule has 0 aromatic heterocycles. The van der Waals surface area contributed by atoms with Crippen molar-refractivity contribution in [3.05, 3.63) is 29.3 Å². The maximum Gasteiger partial charge on any atom is 0.162 e. The van der Waals surface area contributed by atoms with E-state index in [0.717, 1.165) is 6.07 Å². The smallest absolute Gasteiger partial charge is 0.162 e. The Hall–Kier alpha value is -1.20. The van der Waals surface area contributed by atoms with Gasteiger partial charge in [0.25, 0.3) is 0 Å². The SMILES string of the molecule is ONCc1cc(F)c(F)cc1O. The van der Waals surface area contributed by atoms with E-state index in [2.05, 4.69) is 0 Å². The van der Waals surface area contributed by atoms with Gasteiger partial charge in [0.1, 0.15) is 5.75 Å². The Morgan fingerprint density at radius 1 is 1.25 bits per heavy atom. The molecule has 0 saturated carbocycles. The van der Waals surface area contributed by atoms with E-state index in [1.54, 1.807) is 5.48 Å². The third-order valence-electron chi connectivity index (χ3n) is 1.39. The lowest BCUT2D eigenvalue weighted by Gasteiger charge is -2.03. The highest BCUT2D eigenvalue weighted by Gasteiger charge is 2.07. The van der Waals surface area contributed by atoms with Gasteiger partial charge in [-0.3, -0.25) is 0 Å². The van der Waals surface area contributed by atoms with Gasteiger partial charge in [-0.05, 0) is 6.07 Å². The Morgan fingerprint density at radius 3 is 2.42 bits per heavy atom. The maximum absolute atomic E-state index is 12.5. The Morgan fingerprint density at radius 2 is 1.83 bits per heavy atom. The third kappa shape index (κ3) is 1.69. The summed E-state index contributed by atoms with van der Waals surface area (Å²) in [4.78, 5) is 0. The minimum absolute atomic E-state index is 0.0939. The molecule has 0 saturated heterocycles. The van der Waals surface area contributed by atoms with Gasteiger partial charge >= 0.3 is 0 Å². The number of halogens is 2. The quantitative estimate of drug-likeness (QED) is 0.591. The van der Waals surface area contributed by atoms with Crippen LogP contribution in [0, 0.1) is 11.6 Å². The lowest BCUT2D eigenvalue weighted by Crippen LogP contribution is -2.06. The van der Waals surface area contributed by atoms with Gasteiger partial charge in [-0.2, -0.15) is 0 Å². The first-order chi connectivity index (χ1) is 5.65. The third-order valence-corrected chi connectivity index (χ3v) is 1.39. The fourth-order valence-corrected chi connectivity index (χ4v) is 0.804. The van der Waals surface area contributed by atoms with Gasteiger partial charge in [-0.15, -0.1) is 0 Å². The molecule has 0 unspecified atom stereocenters. The van der Waals surface area contributed by atoms with Crippen LogP contribution in [0.4, 0.5) is 8.78 Å². The molecule has 0 fully saturated rings. The maximum atomic E-state index is 12.5. The van der Waals surface area contributed by atoms with Crippen LogP contribution in [0.3, 0.4) is 0 Å². The van der Waals surface area contributed by atoms with Gasteiger partial charge < -0.3 is 10.3 Å². The number of benzene rings is 1. The number of rotatable bonds is 2. The van der Waals surface area contributed by atoms with Crippen molar-refractivity contribution < 1.29 is 19.1 Å². The van der Waals surface area contributed by atoms with Crippen molar-refractivity contribution in [2.45, 2.75) is 6.54 Å². The Kier molecular flexibility index (Phi) is 2.57. The van der Waals surface area contributed by atoms with Crippen LogP contribution in [0.2, 0.25) is 0 Å². The molecule has 0 atom stereocenters. The fraction of sp³-hybridized carbons (Fsp3) is 0.143. The van der Waals surface area contributed by atoms with Crippen molar-refractivity contribution in [3.63, 3.8) is 0 Å². The summed E-state index contributed by atoms with van der Waals surface area (Å²) in [6, 6.07) is 1.47. The second-order valence-corrected chi connectivity index (χ2v) is 2.23. The molecule has 0 bridgehead atoms. The van der Waals surface area contributed by atoms with E-state index in [1.165, 1.54) is 0 Å². The summed E-state index contributed by atoms with van der Waals surface area (Å²) in [7, 11) is 0. The predicted molar refractivity (Wildman–Crippen MR) is 36.6 cm³/mol. The molecule has 0 heterocycles. The zero-order valence-electron chi connectivity index (χ0n) is 6.01. The highest BCUT2D eigenvalue weighted by atomic mass is 19.2. The molecule has 0 aliphatic rings. The first kappa shape index (κ1) is 8.89. The molecule has 0 amide bonds. The summed E-state index contributed by atoms with van der Waals surface area (Å²) in [5, 5.41) is 17.2. The standard InChI is InChI=1S/C7H7F2NO2/c8-5-1-4(3-10-12)7(11)2-6(5)9/h1-2,10-12H,3H2. The lowest BCUT2D eigenvalue weighted by atomic mass is 10.2. The zero-order valence-corrected chi connectivity index (χ0v) is 6.01. The van der Waals surface area contributed by atoms with Crippen molar-refractivity contribution >= 4 is 0 Å². The van der Waals surface area contributed by atoms with E-state index in [1.807, 2.05) is 0 Å². The average Bonchev–Trinajstić information content (AvgIpc) is 2.01. The van der Waals surface area contributed by atoms with Gasteiger partial charge in [0.2, 0.25) is 0 Å². The number of phenols is 1. The van der Waals surface area contributed by atoms with Crippen LogP contribution in [0.15, 0.2) is 12.1 Å². The van der Waals surface area contributed by atoms with Crippen LogP contribution in [-0.2, 0) is 6.54 Å². The van der Waals surface area contributed by atoms with Gasteiger partial charge in [-0.25, -0.2) is 14.3 Å². The van der Waals surface area contributed by atoms with Crippen LogP contribution in [0.25, 0.3) is 0 Å². The molecular formula is C7H7F2NO2. The molecule has 66 valence electrons. The highest BCUT2D eigenvalue weighted by molar-refractivity contribution is 5.33. The zero-order chi connectivity index (χ0) is 9.14. The van der Waals surface area contributed by atoms with Crippen LogP contribution in [0.1, 0.15) is 5.56 Å². The van der Waals surface area contributed by atoms with E-state index in [-0.39, 0.29) is 12.1 Å². The minimum atomic E-state index is -1.12. The predicted octanol–water partition coefficient (Wildman–Crippen LogP) is 1.15. The molecule has 0 aliphatic heterocycles. The summed E-state index contributed by atoms with van der Waals surface area (Å²) < 4.78 is 24.9. The van der Waals surface area contributed by atoms with Crippen molar-refractivity contribution in [2.75, 3.05) is 0 Å². The Bertz CT molecular complexity index is 291. The molecule has 0 spiro atoms. The highest BCUT2D eigenvalue weighted by Crippen LogP contribution is 2.20. The molecule has 3 N–H and O–H groups in total. The largest absolute Gasteiger partial charge is 0.508 e. The first-order valence-corrected chi connectivity index (χ1v) is 3.19. The topological polar surface area (TPSA) is 52.5 Å². The number of hydrogen-bond donors (Lipinski definition) is 3. The first-order valence-electron chi connectivity index (χ1n) is 3.19. The van der Waals surface area contributed by atoms with Crippen molar-refractivity contribution in [2.24, 2.45) is 0 Å². The molecule has 1 aromatic rings. The van der Waals surface area contributed by atoms with Crippen molar-refractivity contribution in [1.29, 1.82) is 0 Å². The average molecular weight is 175 g/mol. The van der Waals surface area contributed by atoms with Crippen LogP contribution >= 0.6 is 0 Å². The molecule has 0 aliphatic carbocycles. The summed E-state index contributed by atoms with van der Waals surface area (Å²) in [5.41, 5.74) is 1.82. The monoisotopic (exact) mass is 175 g/mol. The van der Waals surface area contributed by atoms with E-state index in [0.29, 0.717) is 6.07 Å². The van der Waals surface area contributed by atoms with E-state index in [4.69, 9.17) is 10.3 Å². The summed E-state index contributed by atoms with van der Waals surface area (Å²) >= 11 is 0. The molecule has 12 heavy (non-hydrogen) atoms. The molecule has 0 radical (unpaired) electrons.